The lowest BCUT2D eigenvalue weighted by Gasteiger charge is -2.32. The van der Waals surface area contributed by atoms with E-state index >= 15 is 0 Å². The molecule has 4 atom stereocenters. The lowest BCUT2D eigenvalue weighted by atomic mass is 9.95. The van der Waals surface area contributed by atoms with Crippen LogP contribution >= 0.6 is 0 Å². The molecule has 0 amide bonds. The first-order valence-electron chi connectivity index (χ1n) is 11.5. The Morgan fingerprint density at radius 3 is 1.38 bits per heavy atom. The van der Waals surface area contributed by atoms with Crippen molar-refractivity contribution in [2.24, 2.45) is 0 Å². The molecule has 4 heteroatoms. The number of aliphatic hydroxyl groups excluding tert-OH is 2. The highest BCUT2D eigenvalue weighted by Gasteiger charge is 2.33. The summed E-state index contributed by atoms with van der Waals surface area (Å²) in [5.41, 5.74) is 2.07. The van der Waals surface area contributed by atoms with E-state index in [0.29, 0.717) is 26.1 Å². The molecule has 0 aliphatic heterocycles. The maximum Gasteiger partial charge on any atom is 0.109 e. The Morgan fingerprint density at radius 2 is 1.03 bits per heavy atom. The SMILES string of the molecule is C=CCCC[C@@H](OCc1ccccc1)[C@H](O)[C@@H](O)[C@@H](CCCC=C)OCc1ccccc1. The van der Waals surface area contributed by atoms with Crippen molar-refractivity contribution in [1.82, 2.24) is 0 Å². The third-order valence-corrected chi connectivity index (χ3v) is 5.52. The molecule has 2 rings (SSSR count). The number of unbranched alkanes of at least 4 members (excludes halogenated alkanes) is 2. The van der Waals surface area contributed by atoms with Gasteiger partial charge in [-0.25, -0.2) is 0 Å². The van der Waals surface area contributed by atoms with Gasteiger partial charge >= 0.3 is 0 Å². The Hall–Kier alpha value is -2.24. The van der Waals surface area contributed by atoms with Gasteiger partial charge in [0.15, 0.2) is 0 Å². The lowest BCUT2D eigenvalue weighted by Crippen LogP contribution is -2.46. The van der Waals surface area contributed by atoms with Crippen molar-refractivity contribution in [3.8, 4) is 0 Å². The van der Waals surface area contributed by atoms with Crippen LogP contribution in [0.25, 0.3) is 0 Å². The van der Waals surface area contributed by atoms with Crippen molar-refractivity contribution in [2.75, 3.05) is 0 Å². The molecule has 0 radical (unpaired) electrons. The predicted octanol–water partition coefficient (Wildman–Crippen LogP) is 5.59. The van der Waals surface area contributed by atoms with Crippen LogP contribution in [0.1, 0.15) is 49.7 Å². The zero-order chi connectivity index (χ0) is 23.0. The normalized spacial score (nSPS) is 14.9. The zero-order valence-electron chi connectivity index (χ0n) is 19.0. The van der Waals surface area contributed by atoms with Gasteiger partial charge in [-0.3, -0.25) is 0 Å². The van der Waals surface area contributed by atoms with Crippen LogP contribution in [0.2, 0.25) is 0 Å². The Kier molecular flexibility index (Phi) is 12.6. The fourth-order valence-electron chi connectivity index (χ4n) is 3.63. The molecule has 0 aliphatic carbocycles. The molecule has 0 fully saturated rings. The highest BCUT2D eigenvalue weighted by molar-refractivity contribution is 5.14. The standard InChI is InChI=1S/C28H38O4/c1-3-5-9-19-25(31-21-23-15-11-7-12-16-23)27(29)28(30)26(20-10-6-4-2)32-22-24-17-13-8-14-18-24/h3-4,7-8,11-18,25-30H,1-2,5-6,9-10,19-22H2/t25-,26-,27+,28+/m1/s1. The molecule has 4 nitrogen and oxygen atoms in total. The van der Waals surface area contributed by atoms with Gasteiger partial charge in [-0.15, -0.1) is 13.2 Å². The molecule has 174 valence electrons. The van der Waals surface area contributed by atoms with Gasteiger partial charge in [-0.2, -0.15) is 0 Å². The summed E-state index contributed by atoms with van der Waals surface area (Å²) in [5.74, 6) is 0. The zero-order valence-corrected chi connectivity index (χ0v) is 19.0. The molecule has 32 heavy (non-hydrogen) atoms. The second-order valence-electron chi connectivity index (χ2n) is 8.09. The number of allylic oxidation sites excluding steroid dienone is 2. The van der Waals surface area contributed by atoms with E-state index in [-0.39, 0.29) is 0 Å². The number of rotatable bonds is 17. The van der Waals surface area contributed by atoms with Gasteiger partial charge in [-0.1, -0.05) is 72.8 Å². The van der Waals surface area contributed by atoms with Gasteiger partial charge in [0, 0.05) is 0 Å². The van der Waals surface area contributed by atoms with Gasteiger partial charge in [0.1, 0.15) is 12.2 Å². The first-order valence-corrected chi connectivity index (χ1v) is 11.5. The van der Waals surface area contributed by atoms with Crippen LogP contribution in [-0.4, -0.2) is 34.6 Å². The van der Waals surface area contributed by atoms with E-state index in [0.717, 1.165) is 36.8 Å². The maximum atomic E-state index is 11.1. The Morgan fingerprint density at radius 1 is 0.656 bits per heavy atom. The van der Waals surface area contributed by atoms with Crippen molar-refractivity contribution >= 4 is 0 Å². The smallest absolute Gasteiger partial charge is 0.109 e. The highest BCUT2D eigenvalue weighted by Crippen LogP contribution is 2.21. The minimum absolute atomic E-state index is 0.384. The van der Waals surface area contributed by atoms with Crippen LogP contribution in [-0.2, 0) is 22.7 Å². The minimum atomic E-state index is -1.05. The summed E-state index contributed by atoms with van der Waals surface area (Å²) in [7, 11) is 0. The molecule has 0 saturated heterocycles. The summed E-state index contributed by atoms with van der Waals surface area (Å²) in [6, 6.07) is 19.7. The van der Waals surface area contributed by atoms with Crippen LogP contribution in [0.4, 0.5) is 0 Å². The number of hydrogen-bond donors (Lipinski definition) is 2. The van der Waals surface area contributed by atoms with E-state index in [1.807, 2.05) is 72.8 Å². The second-order valence-corrected chi connectivity index (χ2v) is 8.09. The Balaban J connectivity index is 2.04. The van der Waals surface area contributed by atoms with Crippen molar-refractivity contribution in [3.05, 3.63) is 97.1 Å². The van der Waals surface area contributed by atoms with Gasteiger partial charge < -0.3 is 19.7 Å². The van der Waals surface area contributed by atoms with Crippen LogP contribution in [0.5, 0.6) is 0 Å². The lowest BCUT2D eigenvalue weighted by molar-refractivity contribution is -0.146. The number of benzene rings is 2. The first kappa shape index (κ1) is 26.0. The average Bonchev–Trinajstić information content (AvgIpc) is 2.84. The quantitative estimate of drug-likeness (QED) is 0.250. The molecule has 2 aromatic rings. The van der Waals surface area contributed by atoms with Gasteiger partial charge in [0.05, 0.1) is 25.4 Å². The summed E-state index contributed by atoms with van der Waals surface area (Å²) in [4.78, 5) is 0. The second kappa shape index (κ2) is 15.5. The van der Waals surface area contributed by atoms with Crippen LogP contribution < -0.4 is 0 Å². The highest BCUT2D eigenvalue weighted by atomic mass is 16.5. The molecule has 2 aromatic carbocycles. The molecule has 2 N–H and O–H groups in total. The topological polar surface area (TPSA) is 58.9 Å². The van der Waals surface area contributed by atoms with E-state index in [1.165, 1.54) is 0 Å². The Labute approximate surface area is 193 Å². The van der Waals surface area contributed by atoms with Crippen molar-refractivity contribution < 1.29 is 19.7 Å². The van der Waals surface area contributed by atoms with E-state index in [1.54, 1.807) is 0 Å². The average molecular weight is 439 g/mol. The molecule has 0 spiro atoms. The summed E-state index contributed by atoms with van der Waals surface area (Å²) in [6.07, 6.45) is 5.24. The Bertz CT molecular complexity index is 681. The van der Waals surface area contributed by atoms with Crippen LogP contribution in [0.3, 0.4) is 0 Å². The maximum absolute atomic E-state index is 11.1. The van der Waals surface area contributed by atoms with Crippen molar-refractivity contribution in [2.45, 2.75) is 76.2 Å². The number of ether oxygens (including phenoxy) is 2. The summed E-state index contributed by atoms with van der Waals surface area (Å²) < 4.78 is 12.2. The molecule has 0 unspecified atom stereocenters. The fraction of sp³-hybridized carbons (Fsp3) is 0.429. The van der Waals surface area contributed by atoms with E-state index in [2.05, 4.69) is 13.2 Å². The molecular weight excluding hydrogens is 400 g/mol. The van der Waals surface area contributed by atoms with Crippen molar-refractivity contribution in [3.63, 3.8) is 0 Å². The summed E-state index contributed by atoms with van der Waals surface area (Å²) in [6.45, 7) is 8.32. The van der Waals surface area contributed by atoms with Crippen LogP contribution in [0, 0.1) is 0 Å². The number of hydrogen-bond acceptors (Lipinski definition) is 4. The number of aliphatic hydroxyl groups is 2. The third-order valence-electron chi connectivity index (χ3n) is 5.52. The van der Waals surface area contributed by atoms with E-state index in [9.17, 15) is 10.2 Å². The molecule has 0 aromatic heterocycles. The molecule has 0 aliphatic rings. The molecule has 0 heterocycles. The van der Waals surface area contributed by atoms with Gasteiger partial charge in [0.2, 0.25) is 0 Å². The summed E-state index contributed by atoms with van der Waals surface area (Å²) >= 11 is 0. The van der Waals surface area contributed by atoms with Crippen molar-refractivity contribution in [1.29, 1.82) is 0 Å². The molecular formula is C28H38O4. The molecule has 0 bridgehead atoms. The summed E-state index contributed by atoms with van der Waals surface area (Å²) in [5, 5.41) is 22.2. The first-order chi connectivity index (χ1) is 15.7. The van der Waals surface area contributed by atoms with Crippen LogP contribution in [0.15, 0.2) is 86.0 Å². The molecule has 0 saturated carbocycles. The van der Waals surface area contributed by atoms with E-state index in [4.69, 9.17) is 9.47 Å². The largest absolute Gasteiger partial charge is 0.388 e. The van der Waals surface area contributed by atoms with E-state index < -0.39 is 24.4 Å². The third kappa shape index (κ3) is 9.49. The van der Waals surface area contributed by atoms with Gasteiger partial charge in [-0.05, 0) is 49.7 Å². The minimum Gasteiger partial charge on any atom is -0.388 e. The van der Waals surface area contributed by atoms with Gasteiger partial charge in [0.25, 0.3) is 0 Å². The fourth-order valence-corrected chi connectivity index (χ4v) is 3.63. The monoisotopic (exact) mass is 438 g/mol. The predicted molar refractivity (Wildman–Crippen MR) is 130 cm³/mol.